The zero-order valence-electron chi connectivity index (χ0n) is 8.76. The van der Waals surface area contributed by atoms with Gasteiger partial charge in [0.05, 0.1) is 5.41 Å². The Balaban J connectivity index is 2.93. The fraction of sp³-hybridized carbons (Fsp3) is 0.500. The van der Waals surface area contributed by atoms with Crippen LogP contribution in [0.4, 0.5) is 13.2 Å². The van der Waals surface area contributed by atoms with Crippen molar-refractivity contribution in [2.45, 2.75) is 26.4 Å². The van der Waals surface area contributed by atoms with Gasteiger partial charge in [-0.3, -0.25) is 4.79 Å². The number of hydrogen-bond donors (Lipinski definition) is 1. The second-order valence-corrected chi connectivity index (χ2v) is 3.81. The van der Waals surface area contributed by atoms with E-state index in [0.29, 0.717) is 6.08 Å². The van der Waals surface area contributed by atoms with E-state index in [9.17, 15) is 23.1 Å². The van der Waals surface area contributed by atoms with Crippen molar-refractivity contribution >= 4 is 5.97 Å². The third kappa shape index (κ3) is 2.37. The summed E-state index contributed by atoms with van der Waals surface area (Å²) >= 11 is 0. The Bertz CT molecular complexity index is 368. The van der Waals surface area contributed by atoms with Crippen molar-refractivity contribution in [3.63, 3.8) is 0 Å². The maximum atomic E-state index is 12.6. The third-order valence-electron chi connectivity index (χ3n) is 2.32. The number of halogens is 3. The highest BCUT2D eigenvalue weighted by Crippen LogP contribution is 2.45. The van der Waals surface area contributed by atoms with Gasteiger partial charge in [-0.2, -0.15) is 13.2 Å². The molecule has 0 spiro atoms. The summed E-state index contributed by atoms with van der Waals surface area (Å²) in [7, 11) is 0. The fourth-order valence-corrected chi connectivity index (χ4v) is 1.29. The molecule has 1 N–H and O–H groups in total. The summed E-state index contributed by atoms with van der Waals surface area (Å²) in [6, 6.07) is 0. The van der Waals surface area contributed by atoms with Gasteiger partial charge in [0.1, 0.15) is 0 Å². The van der Waals surface area contributed by atoms with Crippen molar-refractivity contribution in [2.24, 2.45) is 5.41 Å². The molecule has 0 bridgehead atoms. The number of hydrogen-bond acceptors (Lipinski definition) is 3. The predicted octanol–water partition coefficient (Wildman–Crippen LogP) is 2.85. The number of esters is 1. The standard InChI is InChI=1S/C10H11F3O3/c1-6(14)16-8-3-4-9(2,5-7(8)15)10(11,12)13/h3,5,15H,4H2,1-2H3. The number of carbonyl (C=O) groups is 1. The minimum absolute atomic E-state index is 0.228. The van der Waals surface area contributed by atoms with Crippen molar-refractivity contribution < 1.29 is 27.8 Å². The number of aliphatic hydroxyl groups excluding tert-OH is 1. The first kappa shape index (κ1) is 12.6. The van der Waals surface area contributed by atoms with E-state index in [1.54, 1.807) is 0 Å². The number of alkyl halides is 3. The molecule has 0 heterocycles. The van der Waals surface area contributed by atoms with Gasteiger partial charge in [0.2, 0.25) is 0 Å². The molecule has 1 aliphatic rings. The van der Waals surface area contributed by atoms with Crippen LogP contribution in [0.15, 0.2) is 23.7 Å². The van der Waals surface area contributed by atoms with Crippen molar-refractivity contribution in [2.75, 3.05) is 0 Å². The van der Waals surface area contributed by atoms with E-state index in [4.69, 9.17) is 0 Å². The normalized spacial score (nSPS) is 25.8. The first-order valence-electron chi connectivity index (χ1n) is 4.53. The van der Waals surface area contributed by atoms with Gasteiger partial charge >= 0.3 is 12.1 Å². The van der Waals surface area contributed by atoms with Crippen LogP contribution >= 0.6 is 0 Å². The molecule has 0 saturated carbocycles. The van der Waals surface area contributed by atoms with Gasteiger partial charge in [0.25, 0.3) is 0 Å². The largest absolute Gasteiger partial charge is 0.504 e. The Kier molecular flexibility index (Phi) is 3.03. The molecule has 16 heavy (non-hydrogen) atoms. The van der Waals surface area contributed by atoms with E-state index in [0.717, 1.165) is 19.9 Å². The van der Waals surface area contributed by atoms with Crippen LogP contribution in [-0.2, 0) is 9.53 Å². The van der Waals surface area contributed by atoms with E-state index in [1.165, 1.54) is 0 Å². The van der Waals surface area contributed by atoms with E-state index in [2.05, 4.69) is 4.74 Å². The molecule has 3 nitrogen and oxygen atoms in total. The Morgan fingerprint density at radius 2 is 2.12 bits per heavy atom. The Morgan fingerprint density at radius 1 is 1.56 bits per heavy atom. The lowest BCUT2D eigenvalue weighted by molar-refractivity contribution is -0.200. The van der Waals surface area contributed by atoms with Crippen molar-refractivity contribution in [3.05, 3.63) is 23.7 Å². The van der Waals surface area contributed by atoms with Crippen LogP contribution in [0.5, 0.6) is 0 Å². The van der Waals surface area contributed by atoms with Gasteiger partial charge in [0, 0.05) is 6.92 Å². The van der Waals surface area contributed by atoms with Crippen LogP contribution in [0.2, 0.25) is 0 Å². The fourth-order valence-electron chi connectivity index (χ4n) is 1.29. The molecule has 90 valence electrons. The minimum atomic E-state index is -4.46. The molecule has 0 fully saturated rings. The van der Waals surface area contributed by atoms with Crippen molar-refractivity contribution in [1.29, 1.82) is 0 Å². The van der Waals surface area contributed by atoms with E-state index in [-0.39, 0.29) is 12.2 Å². The molecule has 1 unspecified atom stereocenters. The number of carbonyl (C=O) groups excluding carboxylic acids is 1. The molecule has 0 amide bonds. The van der Waals surface area contributed by atoms with Crippen LogP contribution in [-0.4, -0.2) is 17.3 Å². The zero-order valence-corrected chi connectivity index (χ0v) is 8.76. The molecule has 6 heteroatoms. The van der Waals surface area contributed by atoms with Crippen LogP contribution in [0.25, 0.3) is 0 Å². The Labute approximate surface area is 90.2 Å². The monoisotopic (exact) mass is 236 g/mol. The molecular weight excluding hydrogens is 225 g/mol. The second-order valence-electron chi connectivity index (χ2n) is 3.81. The molecule has 0 saturated heterocycles. The highest BCUT2D eigenvalue weighted by molar-refractivity contribution is 5.68. The minimum Gasteiger partial charge on any atom is -0.504 e. The van der Waals surface area contributed by atoms with Gasteiger partial charge in [-0.05, 0) is 25.5 Å². The summed E-state index contributed by atoms with van der Waals surface area (Å²) in [5.41, 5.74) is -2.12. The van der Waals surface area contributed by atoms with E-state index < -0.39 is 23.3 Å². The number of allylic oxidation sites excluding steroid dienone is 2. The van der Waals surface area contributed by atoms with Gasteiger partial charge < -0.3 is 9.84 Å². The average Bonchev–Trinajstić information content (AvgIpc) is 2.07. The molecule has 0 radical (unpaired) electrons. The summed E-state index contributed by atoms with van der Waals surface area (Å²) in [4.78, 5) is 10.6. The maximum Gasteiger partial charge on any atom is 0.398 e. The van der Waals surface area contributed by atoms with Gasteiger partial charge in [0.15, 0.2) is 11.5 Å². The van der Waals surface area contributed by atoms with Gasteiger partial charge in [-0.1, -0.05) is 0 Å². The lowest BCUT2D eigenvalue weighted by atomic mass is 9.82. The molecular formula is C10H11F3O3. The predicted molar refractivity (Wildman–Crippen MR) is 49.3 cm³/mol. The summed E-state index contributed by atoms with van der Waals surface area (Å²) < 4.78 is 42.3. The van der Waals surface area contributed by atoms with Crippen LogP contribution < -0.4 is 0 Å². The molecule has 1 aliphatic carbocycles. The first-order valence-corrected chi connectivity index (χ1v) is 4.53. The summed E-state index contributed by atoms with van der Waals surface area (Å²) in [5.74, 6) is -1.59. The first-order chi connectivity index (χ1) is 7.16. The van der Waals surface area contributed by atoms with Gasteiger partial charge in [-0.15, -0.1) is 0 Å². The second kappa shape index (κ2) is 3.84. The quantitative estimate of drug-likeness (QED) is 0.712. The number of rotatable bonds is 1. The summed E-state index contributed by atoms with van der Waals surface area (Å²) in [6.45, 7) is 2.07. The van der Waals surface area contributed by atoms with Crippen LogP contribution in [0.3, 0.4) is 0 Å². The molecule has 0 aromatic rings. The molecule has 1 rings (SSSR count). The van der Waals surface area contributed by atoms with Crippen LogP contribution in [0.1, 0.15) is 20.3 Å². The maximum absolute atomic E-state index is 12.6. The zero-order chi connectivity index (χ0) is 12.6. The third-order valence-corrected chi connectivity index (χ3v) is 2.32. The van der Waals surface area contributed by atoms with Gasteiger partial charge in [-0.25, -0.2) is 0 Å². The van der Waals surface area contributed by atoms with Crippen molar-refractivity contribution in [1.82, 2.24) is 0 Å². The smallest absolute Gasteiger partial charge is 0.398 e. The number of aliphatic hydroxyl groups is 1. The topological polar surface area (TPSA) is 46.5 Å². The highest BCUT2D eigenvalue weighted by atomic mass is 19.4. The summed E-state index contributed by atoms with van der Waals surface area (Å²) in [6.07, 6.45) is -3.11. The molecule has 0 aliphatic heterocycles. The van der Waals surface area contributed by atoms with E-state index >= 15 is 0 Å². The molecule has 0 aromatic heterocycles. The lowest BCUT2D eigenvalue weighted by Crippen LogP contribution is -2.35. The Morgan fingerprint density at radius 3 is 2.50 bits per heavy atom. The van der Waals surface area contributed by atoms with Crippen molar-refractivity contribution in [3.8, 4) is 0 Å². The average molecular weight is 236 g/mol. The lowest BCUT2D eigenvalue weighted by Gasteiger charge is -2.30. The molecule has 0 aromatic carbocycles. The Hall–Kier alpha value is -1.46. The summed E-state index contributed by atoms with van der Waals surface area (Å²) in [5, 5.41) is 9.33. The van der Waals surface area contributed by atoms with Crippen LogP contribution in [0, 0.1) is 5.41 Å². The highest BCUT2D eigenvalue weighted by Gasteiger charge is 2.50. The SMILES string of the molecule is CC(=O)OC1=CCC(C)(C(F)(F)F)C=C1O. The van der Waals surface area contributed by atoms with E-state index in [1.807, 2.05) is 0 Å². The molecule has 1 atom stereocenters. The number of ether oxygens (including phenoxy) is 1.